The molecule has 0 unspecified atom stereocenters. The number of likely N-dealkylation sites (tertiary alicyclic amines) is 1. The van der Waals surface area contributed by atoms with Crippen LogP contribution in [0.2, 0.25) is 0 Å². The van der Waals surface area contributed by atoms with Crippen LogP contribution in [0.1, 0.15) is 29.4 Å². The van der Waals surface area contributed by atoms with Gasteiger partial charge < -0.3 is 4.42 Å². The van der Waals surface area contributed by atoms with E-state index in [1.807, 2.05) is 30.3 Å². The van der Waals surface area contributed by atoms with Gasteiger partial charge in [-0.3, -0.25) is 9.88 Å². The van der Waals surface area contributed by atoms with Gasteiger partial charge in [0.2, 0.25) is 11.8 Å². The molecule has 1 saturated heterocycles. The lowest BCUT2D eigenvalue weighted by Gasteiger charge is -2.15. The lowest BCUT2D eigenvalue weighted by atomic mass is 10.1. The molecule has 0 aliphatic carbocycles. The summed E-state index contributed by atoms with van der Waals surface area (Å²) in [6, 6.07) is 13.7. The van der Waals surface area contributed by atoms with Crippen LogP contribution >= 0.6 is 0 Å². The van der Waals surface area contributed by atoms with E-state index in [0.29, 0.717) is 17.3 Å². The van der Waals surface area contributed by atoms with Crippen molar-refractivity contribution in [2.75, 3.05) is 13.1 Å². The first-order valence-corrected chi connectivity index (χ1v) is 8.27. The molecule has 6 nitrogen and oxygen atoms in total. The van der Waals surface area contributed by atoms with Gasteiger partial charge in [-0.05, 0) is 42.8 Å². The van der Waals surface area contributed by atoms with Crippen molar-refractivity contribution in [3.8, 4) is 17.5 Å². The molecule has 1 aromatic carbocycles. The van der Waals surface area contributed by atoms with Crippen molar-refractivity contribution in [2.24, 2.45) is 0 Å². The molecular weight excluding hydrogens is 314 g/mol. The Kier molecular flexibility index (Phi) is 4.23. The molecule has 25 heavy (non-hydrogen) atoms. The summed E-state index contributed by atoms with van der Waals surface area (Å²) >= 11 is 0. The minimum absolute atomic E-state index is 0.252. The highest BCUT2D eigenvalue weighted by Gasteiger charge is 2.28. The van der Waals surface area contributed by atoms with Crippen molar-refractivity contribution < 1.29 is 4.42 Å². The number of pyridine rings is 1. The quantitative estimate of drug-likeness (QED) is 0.731. The van der Waals surface area contributed by atoms with Gasteiger partial charge in [-0.25, -0.2) is 0 Å². The SMILES string of the molecule is N#Cc1cccc(CN2CC[C@H](c3nnc(-c4ccncc4)o3)C2)c1. The third-order valence-electron chi connectivity index (χ3n) is 4.45. The zero-order chi connectivity index (χ0) is 17.1. The zero-order valence-electron chi connectivity index (χ0n) is 13.7. The summed E-state index contributed by atoms with van der Waals surface area (Å²) in [7, 11) is 0. The Morgan fingerprint density at radius 2 is 2.08 bits per heavy atom. The Hall–Kier alpha value is -3.04. The average Bonchev–Trinajstić information content (AvgIpc) is 3.32. The van der Waals surface area contributed by atoms with Crippen LogP contribution in [0.25, 0.3) is 11.5 Å². The summed E-state index contributed by atoms with van der Waals surface area (Å²) in [5, 5.41) is 17.4. The molecule has 1 fully saturated rings. The van der Waals surface area contributed by atoms with Crippen molar-refractivity contribution in [2.45, 2.75) is 18.9 Å². The Balaban J connectivity index is 1.42. The van der Waals surface area contributed by atoms with E-state index in [0.717, 1.165) is 37.2 Å². The van der Waals surface area contributed by atoms with Crippen molar-refractivity contribution in [3.63, 3.8) is 0 Å². The molecule has 2 aromatic heterocycles. The zero-order valence-corrected chi connectivity index (χ0v) is 13.7. The van der Waals surface area contributed by atoms with E-state index in [1.54, 1.807) is 12.4 Å². The molecule has 1 aliphatic rings. The predicted molar refractivity (Wildman–Crippen MR) is 91.3 cm³/mol. The Morgan fingerprint density at radius 1 is 1.20 bits per heavy atom. The highest BCUT2D eigenvalue weighted by molar-refractivity contribution is 5.50. The van der Waals surface area contributed by atoms with Crippen LogP contribution in [0, 0.1) is 11.3 Å². The van der Waals surface area contributed by atoms with Gasteiger partial charge in [0.25, 0.3) is 0 Å². The molecule has 124 valence electrons. The lowest BCUT2D eigenvalue weighted by molar-refractivity contribution is 0.320. The molecule has 0 radical (unpaired) electrons. The first-order chi connectivity index (χ1) is 12.3. The van der Waals surface area contributed by atoms with Crippen LogP contribution in [-0.2, 0) is 6.54 Å². The molecule has 0 spiro atoms. The largest absolute Gasteiger partial charge is 0.420 e. The molecule has 3 aromatic rings. The monoisotopic (exact) mass is 331 g/mol. The van der Waals surface area contributed by atoms with Gasteiger partial charge >= 0.3 is 0 Å². The van der Waals surface area contributed by atoms with Crippen LogP contribution in [0.3, 0.4) is 0 Å². The minimum atomic E-state index is 0.252. The molecule has 6 heteroatoms. The summed E-state index contributed by atoms with van der Waals surface area (Å²) < 4.78 is 5.87. The standard InChI is InChI=1S/C19H17N5O/c20-11-14-2-1-3-15(10-14)12-24-9-6-17(13-24)19-23-22-18(25-19)16-4-7-21-8-5-16/h1-5,7-8,10,17H,6,9,12-13H2/t17-/m0/s1. The van der Waals surface area contributed by atoms with Crippen LogP contribution in [-0.4, -0.2) is 33.2 Å². The summed E-state index contributed by atoms with van der Waals surface area (Å²) in [5.41, 5.74) is 2.74. The smallest absolute Gasteiger partial charge is 0.247 e. The Bertz CT molecular complexity index is 899. The first kappa shape index (κ1) is 15.5. The summed E-state index contributed by atoms with van der Waals surface area (Å²) in [6.07, 6.45) is 4.42. The second-order valence-electron chi connectivity index (χ2n) is 6.21. The minimum Gasteiger partial charge on any atom is -0.420 e. The third kappa shape index (κ3) is 3.42. The maximum Gasteiger partial charge on any atom is 0.247 e. The van der Waals surface area contributed by atoms with Crippen LogP contribution < -0.4 is 0 Å². The Morgan fingerprint density at radius 3 is 2.92 bits per heavy atom. The highest BCUT2D eigenvalue weighted by Crippen LogP contribution is 2.29. The molecular formula is C19H17N5O. The number of benzene rings is 1. The molecule has 3 heterocycles. The van der Waals surface area contributed by atoms with E-state index in [-0.39, 0.29) is 5.92 Å². The molecule has 0 N–H and O–H groups in total. The van der Waals surface area contributed by atoms with Gasteiger partial charge in [0.05, 0.1) is 17.6 Å². The van der Waals surface area contributed by atoms with Gasteiger partial charge in [-0.15, -0.1) is 10.2 Å². The van der Waals surface area contributed by atoms with Gasteiger partial charge in [-0.1, -0.05) is 12.1 Å². The normalized spacial score (nSPS) is 17.5. The first-order valence-electron chi connectivity index (χ1n) is 8.27. The van der Waals surface area contributed by atoms with Crippen LogP contribution in [0.15, 0.2) is 53.2 Å². The van der Waals surface area contributed by atoms with E-state index in [9.17, 15) is 0 Å². The number of hydrogen-bond acceptors (Lipinski definition) is 6. The second kappa shape index (κ2) is 6.83. The van der Waals surface area contributed by atoms with E-state index >= 15 is 0 Å². The van der Waals surface area contributed by atoms with Crippen molar-refractivity contribution in [1.82, 2.24) is 20.1 Å². The molecule has 0 amide bonds. The number of aromatic nitrogens is 3. The second-order valence-corrected chi connectivity index (χ2v) is 6.21. The number of nitriles is 1. The Labute approximate surface area is 145 Å². The summed E-state index contributed by atoms with van der Waals surface area (Å²) in [4.78, 5) is 6.36. The maximum absolute atomic E-state index is 9.01. The summed E-state index contributed by atoms with van der Waals surface area (Å²) in [6.45, 7) is 2.69. The van der Waals surface area contributed by atoms with E-state index in [4.69, 9.17) is 9.68 Å². The topological polar surface area (TPSA) is 78.8 Å². The fourth-order valence-electron chi connectivity index (χ4n) is 3.19. The fraction of sp³-hybridized carbons (Fsp3) is 0.263. The lowest BCUT2D eigenvalue weighted by Crippen LogP contribution is -2.19. The van der Waals surface area contributed by atoms with Gasteiger partial charge in [-0.2, -0.15) is 5.26 Å². The number of nitrogens with zero attached hydrogens (tertiary/aromatic N) is 5. The van der Waals surface area contributed by atoms with Crippen molar-refractivity contribution in [3.05, 3.63) is 65.8 Å². The third-order valence-corrected chi connectivity index (χ3v) is 4.45. The van der Waals surface area contributed by atoms with Crippen LogP contribution in [0.5, 0.6) is 0 Å². The molecule has 0 saturated carbocycles. The molecule has 1 atom stereocenters. The molecule has 4 rings (SSSR count). The van der Waals surface area contributed by atoms with Gasteiger partial charge in [0.15, 0.2) is 0 Å². The van der Waals surface area contributed by atoms with Gasteiger partial charge in [0.1, 0.15) is 0 Å². The fourth-order valence-corrected chi connectivity index (χ4v) is 3.19. The van der Waals surface area contributed by atoms with Crippen molar-refractivity contribution in [1.29, 1.82) is 5.26 Å². The summed E-state index contributed by atoms with van der Waals surface area (Å²) in [5.74, 6) is 1.49. The van der Waals surface area contributed by atoms with E-state index < -0.39 is 0 Å². The number of hydrogen-bond donors (Lipinski definition) is 0. The van der Waals surface area contributed by atoms with E-state index in [1.165, 1.54) is 0 Å². The van der Waals surface area contributed by atoms with E-state index in [2.05, 4.69) is 32.2 Å². The predicted octanol–water partition coefficient (Wildman–Crippen LogP) is 2.99. The van der Waals surface area contributed by atoms with Crippen LogP contribution in [0.4, 0.5) is 0 Å². The molecule has 0 bridgehead atoms. The maximum atomic E-state index is 9.01. The molecule has 1 aliphatic heterocycles. The highest BCUT2D eigenvalue weighted by atomic mass is 16.4. The van der Waals surface area contributed by atoms with Gasteiger partial charge in [0, 0.05) is 31.0 Å². The van der Waals surface area contributed by atoms with Crippen molar-refractivity contribution >= 4 is 0 Å². The average molecular weight is 331 g/mol. The number of rotatable bonds is 4.